The summed E-state index contributed by atoms with van der Waals surface area (Å²) in [5.74, 6) is -0.472. The molecule has 15 heavy (non-hydrogen) atoms. The number of hydrogen-bond donors (Lipinski definition) is 2. The smallest absolute Gasteiger partial charge is 0.270 e. The summed E-state index contributed by atoms with van der Waals surface area (Å²) in [4.78, 5) is 10.9. The highest BCUT2D eigenvalue weighted by Crippen LogP contribution is 2.15. The molecular formula is C10H13BrN2O2. The van der Waals surface area contributed by atoms with Gasteiger partial charge in [-0.05, 0) is 18.2 Å². The topological polar surface area (TPSA) is 61.7 Å². The summed E-state index contributed by atoms with van der Waals surface area (Å²) in [6.45, 7) is 4.00. The number of amides is 1. The summed E-state index contributed by atoms with van der Waals surface area (Å²) in [6.07, 6.45) is 0.793. The van der Waals surface area contributed by atoms with Crippen molar-refractivity contribution in [2.24, 2.45) is 5.16 Å². The van der Waals surface area contributed by atoms with Crippen LogP contribution in [0.2, 0.25) is 0 Å². The van der Waals surface area contributed by atoms with Crippen LogP contribution in [0.3, 0.4) is 0 Å². The monoisotopic (exact) mass is 272 g/mol. The first kappa shape index (κ1) is 13.6. The van der Waals surface area contributed by atoms with Crippen LogP contribution in [-0.2, 0) is 4.79 Å². The minimum absolute atomic E-state index is 0.472. The Morgan fingerprint density at radius 3 is 2.73 bits per heavy atom. The summed E-state index contributed by atoms with van der Waals surface area (Å²) in [5.41, 5.74) is 0.638. The number of rotatable bonds is 2. The van der Waals surface area contributed by atoms with Gasteiger partial charge >= 0.3 is 0 Å². The second-order valence-corrected chi connectivity index (χ2v) is 3.16. The van der Waals surface area contributed by atoms with Crippen LogP contribution in [0.4, 0.5) is 5.69 Å². The van der Waals surface area contributed by atoms with Gasteiger partial charge in [0.25, 0.3) is 5.91 Å². The van der Waals surface area contributed by atoms with E-state index in [4.69, 9.17) is 5.21 Å². The van der Waals surface area contributed by atoms with Gasteiger partial charge in [-0.15, -0.1) is 0 Å². The zero-order valence-electron chi connectivity index (χ0n) is 8.57. The first-order valence-electron chi connectivity index (χ1n) is 4.46. The number of anilines is 1. The molecule has 2 N–H and O–H groups in total. The summed E-state index contributed by atoms with van der Waals surface area (Å²) < 4.78 is 0.867. The Morgan fingerprint density at radius 1 is 1.53 bits per heavy atom. The van der Waals surface area contributed by atoms with Crippen LogP contribution in [0, 0.1) is 0 Å². The standard InChI is InChI=1S/C8H7BrN2O2.C2H6/c9-6-2-1-3-7(4-6)11-8(12)5-10-13;1-2/h1-5,13H,(H,11,12);1-2H3/b10-5+;. The normalized spacial score (nSPS) is 9.27. The van der Waals surface area contributed by atoms with E-state index in [9.17, 15) is 4.79 Å². The lowest BCUT2D eigenvalue weighted by Gasteiger charge is -2.00. The molecule has 4 nitrogen and oxygen atoms in total. The van der Waals surface area contributed by atoms with E-state index in [2.05, 4.69) is 26.4 Å². The summed E-state index contributed by atoms with van der Waals surface area (Å²) in [7, 11) is 0. The second-order valence-electron chi connectivity index (χ2n) is 2.24. The second kappa shape index (κ2) is 7.99. The number of oxime groups is 1. The van der Waals surface area contributed by atoms with Crippen molar-refractivity contribution in [3.63, 3.8) is 0 Å². The van der Waals surface area contributed by atoms with Gasteiger partial charge in [0.1, 0.15) is 6.21 Å². The number of benzene rings is 1. The average molecular weight is 273 g/mol. The number of nitrogens with one attached hydrogen (secondary N) is 1. The van der Waals surface area contributed by atoms with Crippen LogP contribution < -0.4 is 5.32 Å². The largest absolute Gasteiger partial charge is 0.411 e. The molecule has 1 amide bonds. The van der Waals surface area contributed by atoms with E-state index in [0.29, 0.717) is 5.69 Å². The Bertz CT molecular complexity index is 340. The quantitative estimate of drug-likeness (QED) is 0.494. The minimum atomic E-state index is -0.472. The van der Waals surface area contributed by atoms with Crippen LogP contribution in [0.25, 0.3) is 0 Å². The Morgan fingerprint density at radius 2 is 2.20 bits per heavy atom. The molecule has 1 rings (SSSR count). The van der Waals surface area contributed by atoms with Crippen LogP contribution in [0.1, 0.15) is 13.8 Å². The SMILES string of the molecule is CC.O=C(/C=N/O)Nc1cccc(Br)c1. The van der Waals surface area contributed by atoms with Crippen molar-refractivity contribution in [2.45, 2.75) is 13.8 Å². The van der Waals surface area contributed by atoms with Gasteiger partial charge in [0.15, 0.2) is 0 Å². The van der Waals surface area contributed by atoms with E-state index in [1.807, 2.05) is 19.9 Å². The van der Waals surface area contributed by atoms with E-state index in [-0.39, 0.29) is 0 Å². The maximum Gasteiger partial charge on any atom is 0.270 e. The van der Waals surface area contributed by atoms with Crippen molar-refractivity contribution in [3.8, 4) is 0 Å². The molecule has 0 spiro atoms. The van der Waals surface area contributed by atoms with Crippen molar-refractivity contribution in [3.05, 3.63) is 28.7 Å². The molecule has 0 unspecified atom stereocenters. The van der Waals surface area contributed by atoms with Gasteiger partial charge in [-0.25, -0.2) is 0 Å². The van der Waals surface area contributed by atoms with Crippen molar-refractivity contribution in [1.29, 1.82) is 0 Å². The molecule has 0 aromatic heterocycles. The zero-order chi connectivity index (χ0) is 11.7. The molecule has 0 bridgehead atoms. The van der Waals surface area contributed by atoms with Crippen LogP contribution in [0.5, 0.6) is 0 Å². The molecule has 0 aliphatic carbocycles. The molecule has 82 valence electrons. The average Bonchev–Trinajstić information content (AvgIpc) is 2.21. The molecule has 0 saturated carbocycles. The predicted octanol–water partition coefficient (Wildman–Crippen LogP) is 2.87. The first-order chi connectivity index (χ1) is 7.22. The van der Waals surface area contributed by atoms with E-state index >= 15 is 0 Å². The Labute approximate surface area is 97.1 Å². The van der Waals surface area contributed by atoms with Crippen molar-refractivity contribution >= 4 is 33.7 Å². The molecule has 0 atom stereocenters. The lowest BCUT2D eigenvalue weighted by molar-refractivity contribution is -0.110. The highest BCUT2D eigenvalue weighted by atomic mass is 79.9. The van der Waals surface area contributed by atoms with Gasteiger partial charge in [-0.3, -0.25) is 4.79 Å². The highest BCUT2D eigenvalue weighted by molar-refractivity contribution is 9.10. The number of carbonyl (C=O) groups is 1. The van der Waals surface area contributed by atoms with Gasteiger partial charge in [0.2, 0.25) is 0 Å². The van der Waals surface area contributed by atoms with Gasteiger partial charge in [-0.2, -0.15) is 0 Å². The van der Waals surface area contributed by atoms with E-state index in [1.54, 1.807) is 18.2 Å². The minimum Gasteiger partial charge on any atom is -0.411 e. The Balaban J connectivity index is 0.000000921. The predicted molar refractivity (Wildman–Crippen MR) is 64.4 cm³/mol. The number of hydrogen-bond acceptors (Lipinski definition) is 3. The number of halogens is 1. The Hall–Kier alpha value is -1.36. The molecule has 0 radical (unpaired) electrons. The van der Waals surface area contributed by atoms with E-state index in [1.165, 1.54) is 0 Å². The molecule has 5 heteroatoms. The lowest BCUT2D eigenvalue weighted by Crippen LogP contribution is -2.12. The lowest BCUT2D eigenvalue weighted by atomic mass is 10.3. The van der Waals surface area contributed by atoms with E-state index in [0.717, 1.165) is 10.7 Å². The fourth-order valence-electron chi connectivity index (χ4n) is 0.793. The van der Waals surface area contributed by atoms with Gasteiger partial charge < -0.3 is 10.5 Å². The molecule has 0 saturated heterocycles. The van der Waals surface area contributed by atoms with Crippen molar-refractivity contribution in [2.75, 3.05) is 5.32 Å². The molecular weight excluding hydrogens is 260 g/mol. The molecule has 0 aliphatic rings. The maximum absolute atomic E-state index is 10.9. The van der Waals surface area contributed by atoms with Crippen LogP contribution in [0.15, 0.2) is 33.9 Å². The van der Waals surface area contributed by atoms with E-state index < -0.39 is 5.91 Å². The van der Waals surface area contributed by atoms with Crippen LogP contribution >= 0.6 is 15.9 Å². The molecule has 1 aromatic rings. The molecule has 1 aromatic carbocycles. The zero-order valence-corrected chi connectivity index (χ0v) is 10.2. The summed E-state index contributed by atoms with van der Waals surface area (Å²) >= 11 is 3.26. The van der Waals surface area contributed by atoms with Crippen molar-refractivity contribution < 1.29 is 10.0 Å². The fourth-order valence-corrected chi connectivity index (χ4v) is 1.19. The molecule has 0 heterocycles. The third kappa shape index (κ3) is 5.85. The summed E-state index contributed by atoms with van der Waals surface area (Å²) in [6, 6.07) is 7.10. The van der Waals surface area contributed by atoms with Gasteiger partial charge in [-0.1, -0.05) is 41.0 Å². The summed E-state index contributed by atoms with van der Waals surface area (Å²) in [5, 5.41) is 13.2. The molecule has 0 fully saturated rings. The first-order valence-corrected chi connectivity index (χ1v) is 5.25. The fraction of sp³-hybridized carbons (Fsp3) is 0.200. The maximum atomic E-state index is 10.9. The number of carbonyl (C=O) groups excluding carboxylic acids is 1. The third-order valence-electron chi connectivity index (χ3n) is 1.27. The van der Waals surface area contributed by atoms with Gasteiger partial charge in [0, 0.05) is 10.2 Å². The Kier molecular flexibility index (Phi) is 7.27. The van der Waals surface area contributed by atoms with Gasteiger partial charge in [0.05, 0.1) is 0 Å². The highest BCUT2D eigenvalue weighted by Gasteiger charge is 1.97. The number of nitrogens with zero attached hydrogens (tertiary/aromatic N) is 1. The van der Waals surface area contributed by atoms with Crippen LogP contribution in [-0.4, -0.2) is 17.3 Å². The molecule has 0 aliphatic heterocycles. The van der Waals surface area contributed by atoms with Crippen molar-refractivity contribution in [1.82, 2.24) is 0 Å². The third-order valence-corrected chi connectivity index (χ3v) is 1.76.